The molecular formula is C10H14FeO11. The monoisotopic (exact) mass is 366 g/mol. The molecule has 0 rings (SSSR count). The molecule has 0 saturated heterocycles. The fraction of sp³-hybridized carbons (Fsp3) is 0.500. The van der Waals surface area contributed by atoms with Crippen molar-refractivity contribution in [3.63, 3.8) is 0 Å². The van der Waals surface area contributed by atoms with Gasteiger partial charge in [-0.25, -0.2) is 4.79 Å². The van der Waals surface area contributed by atoms with Crippen LogP contribution in [-0.2, 0) is 41.0 Å². The SMILES string of the molecule is O=C(O)CC(O)(CC(=O)O)C(=O)O.O=C(O)CCC(=O)O.[Fe]. The summed E-state index contributed by atoms with van der Waals surface area (Å²) < 4.78 is 0. The van der Waals surface area contributed by atoms with E-state index in [1.54, 1.807) is 0 Å². The van der Waals surface area contributed by atoms with E-state index in [-0.39, 0.29) is 29.9 Å². The van der Waals surface area contributed by atoms with Crippen LogP contribution in [0.15, 0.2) is 0 Å². The van der Waals surface area contributed by atoms with Gasteiger partial charge in [0.15, 0.2) is 5.60 Å². The van der Waals surface area contributed by atoms with E-state index in [4.69, 9.17) is 30.6 Å². The second kappa shape index (κ2) is 11.5. The molecule has 0 aliphatic carbocycles. The predicted octanol–water partition coefficient (Wildman–Crippen LogP) is -1.32. The Labute approximate surface area is 133 Å². The Morgan fingerprint density at radius 3 is 1.05 bits per heavy atom. The van der Waals surface area contributed by atoms with Crippen molar-refractivity contribution in [1.82, 2.24) is 0 Å². The molecule has 0 fully saturated rings. The summed E-state index contributed by atoms with van der Waals surface area (Å²) in [5, 5.41) is 49.6. The summed E-state index contributed by atoms with van der Waals surface area (Å²) in [5.41, 5.74) is -2.74. The average Bonchev–Trinajstić information content (AvgIpc) is 2.24. The van der Waals surface area contributed by atoms with Gasteiger partial charge in [0.2, 0.25) is 0 Å². The third-order valence-electron chi connectivity index (χ3n) is 1.84. The molecule has 0 atom stereocenters. The number of hydrogen-bond acceptors (Lipinski definition) is 6. The van der Waals surface area contributed by atoms with Crippen molar-refractivity contribution in [2.24, 2.45) is 0 Å². The molecule has 0 unspecified atom stereocenters. The van der Waals surface area contributed by atoms with E-state index in [0.29, 0.717) is 0 Å². The number of carboxylic acid groups (broad SMARTS) is 5. The van der Waals surface area contributed by atoms with Crippen molar-refractivity contribution < 1.29 is 71.7 Å². The molecule has 22 heavy (non-hydrogen) atoms. The van der Waals surface area contributed by atoms with E-state index >= 15 is 0 Å². The molecule has 0 heterocycles. The van der Waals surface area contributed by atoms with Crippen LogP contribution in [0.5, 0.6) is 0 Å². The molecular weight excluding hydrogens is 352 g/mol. The first-order valence-electron chi connectivity index (χ1n) is 5.23. The maximum Gasteiger partial charge on any atom is 0.336 e. The zero-order valence-electron chi connectivity index (χ0n) is 10.9. The van der Waals surface area contributed by atoms with Crippen LogP contribution in [0.4, 0.5) is 0 Å². The van der Waals surface area contributed by atoms with Crippen LogP contribution in [0, 0.1) is 0 Å². The van der Waals surface area contributed by atoms with Crippen LogP contribution >= 0.6 is 0 Å². The van der Waals surface area contributed by atoms with E-state index in [1.807, 2.05) is 0 Å². The second-order valence-electron chi connectivity index (χ2n) is 3.77. The first-order valence-corrected chi connectivity index (χ1v) is 5.23. The molecule has 0 amide bonds. The zero-order valence-corrected chi connectivity index (χ0v) is 12.0. The van der Waals surface area contributed by atoms with E-state index in [9.17, 15) is 24.0 Å². The molecule has 0 aromatic carbocycles. The molecule has 0 saturated carbocycles. The Balaban J connectivity index is -0.000000348. The van der Waals surface area contributed by atoms with Crippen LogP contribution in [0.1, 0.15) is 25.7 Å². The van der Waals surface area contributed by atoms with Gasteiger partial charge in [0, 0.05) is 17.1 Å². The normalized spacial score (nSPS) is 9.50. The second-order valence-corrected chi connectivity index (χ2v) is 3.77. The van der Waals surface area contributed by atoms with E-state index in [1.165, 1.54) is 0 Å². The van der Waals surface area contributed by atoms with Crippen LogP contribution in [0.2, 0.25) is 0 Å². The molecule has 6 N–H and O–H groups in total. The summed E-state index contributed by atoms with van der Waals surface area (Å²) >= 11 is 0. The van der Waals surface area contributed by atoms with Crippen molar-refractivity contribution in [1.29, 1.82) is 0 Å². The molecule has 0 aliphatic rings. The van der Waals surface area contributed by atoms with Gasteiger partial charge in [0.1, 0.15) is 0 Å². The number of aliphatic hydroxyl groups is 1. The van der Waals surface area contributed by atoms with E-state index in [0.717, 1.165) is 0 Å². The van der Waals surface area contributed by atoms with Crippen molar-refractivity contribution in [2.75, 3.05) is 0 Å². The minimum atomic E-state index is -2.74. The standard InChI is InChI=1S/C6H8O7.C4H6O4.Fe/c7-3(8)1-6(13,5(11)12)2-4(9)10;5-3(6)1-2-4(7)8;/h13H,1-2H2,(H,7,8)(H,9,10)(H,11,12);1-2H2,(H,5,6)(H,7,8);. The Hall–Kier alpha value is -2.17. The summed E-state index contributed by atoms with van der Waals surface area (Å²) in [6.45, 7) is 0. The van der Waals surface area contributed by atoms with Crippen molar-refractivity contribution in [3.8, 4) is 0 Å². The maximum atomic E-state index is 10.3. The molecule has 0 aromatic rings. The van der Waals surface area contributed by atoms with Gasteiger partial charge in [-0.3, -0.25) is 19.2 Å². The smallest absolute Gasteiger partial charge is 0.336 e. The van der Waals surface area contributed by atoms with E-state index < -0.39 is 48.3 Å². The van der Waals surface area contributed by atoms with E-state index in [2.05, 4.69) is 0 Å². The molecule has 11 nitrogen and oxygen atoms in total. The predicted molar refractivity (Wildman–Crippen MR) is 61.6 cm³/mol. The van der Waals surface area contributed by atoms with Crippen molar-refractivity contribution in [2.45, 2.75) is 31.3 Å². The molecule has 0 bridgehead atoms. The number of hydrogen-bond donors (Lipinski definition) is 6. The third-order valence-corrected chi connectivity index (χ3v) is 1.84. The number of carbonyl (C=O) groups is 5. The van der Waals surface area contributed by atoms with Gasteiger partial charge in [-0.05, 0) is 0 Å². The zero-order chi connectivity index (χ0) is 17.2. The minimum absolute atomic E-state index is 0. The molecule has 128 valence electrons. The third kappa shape index (κ3) is 14.2. The first-order chi connectivity index (χ1) is 9.40. The van der Waals surface area contributed by atoms with Gasteiger partial charge >= 0.3 is 29.8 Å². The topological polar surface area (TPSA) is 207 Å². The Morgan fingerprint density at radius 2 is 0.909 bits per heavy atom. The number of carboxylic acids is 5. The summed E-state index contributed by atoms with van der Waals surface area (Å²) in [4.78, 5) is 49.8. The Kier molecular flexibility index (Phi) is 13.0. The number of aliphatic carboxylic acids is 5. The Bertz CT molecular complexity index is 401. The summed E-state index contributed by atoms with van der Waals surface area (Å²) in [6.07, 6.45) is -2.88. The van der Waals surface area contributed by atoms with Gasteiger partial charge in [0.05, 0.1) is 25.7 Å². The van der Waals surface area contributed by atoms with Crippen LogP contribution in [-0.4, -0.2) is 66.1 Å². The maximum absolute atomic E-state index is 10.3. The first kappa shape index (κ1) is 24.8. The average molecular weight is 366 g/mol. The fourth-order valence-electron chi connectivity index (χ4n) is 0.928. The molecule has 12 heteroatoms. The van der Waals surface area contributed by atoms with Gasteiger partial charge in [-0.15, -0.1) is 0 Å². The molecule has 0 radical (unpaired) electrons. The summed E-state index contributed by atoms with van der Waals surface area (Å²) in [5.74, 6) is -7.17. The van der Waals surface area contributed by atoms with Gasteiger partial charge in [0.25, 0.3) is 0 Å². The molecule has 0 spiro atoms. The molecule has 0 aliphatic heterocycles. The summed E-state index contributed by atoms with van der Waals surface area (Å²) in [6, 6.07) is 0. The van der Waals surface area contributed by atoms with Crippen molar-refractivity contribution in [3.05, 3.63) is 0 Å². The van der Waals surface area contributed by atoms with Crippen LogP contribution in [0.3, 0.4) is 0 Å². The van der Waals surface area contributed by atoms with Crippen molar-refractivity contribution >= 4 is 29.8 Å². The van der Waals surface area contributed by atoms with Crippen LogP contribution < -0.4 is 0 Å². The molecule has 0 aromatic heterocycles. The number of rotatable bonds is 8. The quantitative estimate of drug-likeness (QED) is 0.278. The summed E-state index contributed by atoms with van der Waals surface area (Å²) in [7, 11) is 0. The van der Waals surface area contributed by atoms with Gasteiger partial charge in [-0.2, -0.15) is 0 Å². The van der Waals surface area contributed by atoms with Gasteiger partial charge in [-0.1, -0.05) is 0 Å². The van der Waals surface area contributed by atoms with Crippen LogP contribution in [0.25, 0.3) is 0 Å². The largest absolute Gasteiger partial charge is 0.481 e. The van der Waals surface area contributed by atoms with Gasteiger partial charge < -0.3 is 30.6 Å². The minimum Gasteiger partial charge on any atom is -0.481 e. The Morgan fingerprint density at radius 1 is 0.636 bits per heavy atom. The fourth-order valence-corrected chi connectivity index (χ4v) is 0.928.